The fraction of sp³-hybridized carbons (Fsp3) is 0.600. The summed E-state index contributed by atoms with van der Waals surface area (Å²) in [6.07, 6.45) is -3.18. The Bertz CT molecular complexity index is 437. The first-order valence-electron chi connectivity index (χ1n) is 6.94. The zero-order chi connectivity index (χ0) is 14.8. The Morgan fingerprint density at radius 3 is 2.45 bits per heavy atom. The van der Waals surface area contributed by atoms with Crippen LogP contribution in [0.5, 0.6) is 0 Å². The van der Waals surface area contributed by atoms with E-state index < -0.39 is 12.7 Å². The summed E-state index contributed by atoms with van der Waals surface area (Å²) in [5, 5.41) is 2.51. The van der Waals surface area contributed by atoms with Gasteiger partial charge in [0.05, 0.1) is 6.54 Å². The van der Waals surface area contributed by atoms with Gasteiger partial charge in [-0.1, -0.05) is 6.07 Å². The third-order valence-corrected chi connectivity index (χ3v) is 3.62. The molecule has 1 heterocycles. The molecule has 0 saturated carbocycles. The van der Waals surface area contributed by atoms with Crippen LogP contribution in [0.15, 0.2) is 18.2 Å². The van der Waals surface area contributed by atoms with Crippen LogP contribution in [0.1, 0.15) is 17.5 Å². The maximum absolute atomic E-state index is 12.1. The van der Waals surface area contributed by atoms with Crippen molar-refractivity contribution in [3.8, 4) is 0 Å². The van der Waals surface area contributed by atoms with E-state index in [0.29, 0.717) is 6.54 Å². The predicted molar refractivity (Wildman–Crippen MR) is 75.2 cm³/mol. The highest BCUT2D eigenvalue weighted by molar-refractivity contribution is 5.51. The van der Waals surface area contributed by atoms with E-state index in [1.807, 2.05) is 0 Å². The molecule has 5 heteroatoms. The number of nitrogens with one attached hydrogen (secondary N) is 1. The van der Waals surface area contributed by atoms with Crippen LogP contribution in [0.4, 0.5) is 18.9 Å². The topological polar surface area (TPSA) is 15.3 Å². The molecule has 0 amide bonds. The van der Waals surface area contributed by atoms with Crippen molar-refractivity contribution in [1.29, 1.82) is 0 Å². The van der Waals surface area contributed by atoms with Crippen molar-refractivity contribution >= 4 is 5.69 Å². The molecule has 1 aliphatic rings. The van der Waals surface area contributed by atoms with Crippen LogP contribution in [-0.4, -0.2) is 32.4 Å². The average molecular weight is 286 g/mol. The largest absolute Gasteiger partial charge is 0.401 e. The number of anilines is 1. The third-order valence-electron chi connectivity index (χ3n) is 3.62. The molecular formula is C15H21F3N2. The van der Waals surface area contributed by atoms with Crippen LogP contribution in [0.25, 0.3) is 0 Å². The zero-order valence-corrected chi connectivity index (χ0v) is 11.9. The van der Waals surface area contributed by atoms with Crippen molar-refractivity contribution in [3.05, 3.63) is 29.3 Å². The number of alkyl halides is 3. The van der Waals surface area contributed by atoms with Gasteiger partial charge in [-0.15, -0.1) is 0 Å². The third kappa shape index (κ3) is 4.40. The predicted octanol–water partition coefficient (Wildman–Crippen LogP) is 3.28. The zero-order valence-electron chi connectivity index (χ0n) is 11.9. The first kappa shape index (κ1) is 15.2. The summed E-state index contributed by atoms with van der Waals surface area (Å²) in [5.74, 6) is 0.290. The SMILES string of the molecule is Cc1cc(C)cc(N2CCC(CNCC(F)(F)F)C2)c1. The molecule has 1 aliphatic heterocycles. The highest BCUT2D eigenvalue weighted by atomic mass is 19.4. The summed E-state index contributed by atoms with van der Waals surface area (Å²) in [7, 11) is 0. The number of halogens is 3. The van der Waals surface area contributed by atoms with E-state index in [1.165, 1.54) is 16.8 Å². The first-order chi connectivity index (χ1) is 9.33. The maximum Gasteiger partial charge on any atom is 0.401 e. The molecule has 1 unspecified atom stereocenters. The summed E-state index contributed by atoms with van der Waals surface area (Å²) in [5.41, 5.74) is 3.62. The second-order valence-corrected chi connectivity index (χ2v) is 5.69. The Hall–Kier alpha value is -1.23. The normalized spacial score (nSPS) is 19.6. The van der Waals surface area contributed by atoms with Crippen molar-refractivity contribution < 1.29 is 13.2 Å². The van der Waals surface area contributed by atoms with Crippen molar-refractivity contribution in [1.82, 2.24) is 5.32 Å². The molecule has 2 rings (SSSR count). The van der Waals surface area contributed by atoms with Gasteiger partial charge < -0.3 is 10.2 Å². The summed E-state index contributed by atoms with van der Waals surface area (Å²) in [6.45, 7) is 5.41. The van der Waals surface area contributed by atoms with Crippen LogP contribution in [0.3, 0.4) is 0 Å². The average Bonchev–Trinajstić information content (AvgIpc) is 2.74. The minimum Gasteiger partial charge on any atom is -0.371 e. The van der Waals surface area contributed by atoms with Gasteiger partial charge in [0, 0.05) is 25.3 Å². The smallest absolute Gasteiger partial charge is 0.371 e. The summed E-state index contributed by atoms with van der Waals surface area (Å²) < 4.78 is 36.3. The number of hydrogen-bond acceptors (Lipinski definition) is 2. The fourth-order valence-electron chi connectivity index (χ4n) is 2.79. The number of nitrogens with zero attached hydrogens (tertiary/aromatic N) is 1. The van der Waals surface area contributed by atoms with Gasteiger partial charge in [0.1, 0.15) is 0 Å². The molecule has 0 aromatic heterocycles. The van der Waals surface area contributed by atoms with E-state index in [4.69, 9.17) is 0 Å². The summed E-state index contributed by atoms with van der Waals surface area (Å²) in [6, 6.07) is 6.40. The molecule has 0 spiro atoms. The maximum atomic E-state index is 12.1. The molecule has 1 atom stereocenters. The number of rotatable bonds is 4. The first-order valence-corrected chi connectivity index (χ1v) is 6.94. The van der Waals surface area contributed by atoms with E-state index in [9.17, 15) is 13.2 Å². The van der Waals surface area contributed by atoms with Gasteiger partial charge in [-0.3, -0.25) is 0 Å². The van der Waals surface area contributed by atoms with Crippen LogP contribution >= 0.6 is 0 Å². The molecule has 0 aliphatic carbocycles. The molecule has 0 radical (unpaired) electrons. The standard InChI is InChI=1S/C15H21F3N2/c1-11-5-12(2)7-14(6-11)20-4-3-13(9-20)8-19-10-15(16,17)18/h5-7,13,19H,3-4,8-10H2,1-2H3. The number of hydrogen-bond donors (Lipinski definition) is 1. The number of benzene rings is 1. The highest BCUT2D eigenvalue weighted by Crippen LogP contribution is 2.25. The Morgan fingerprint density at radius 1 is 1.20 bits per heavy atom. The monoisotopic (exact) mass is 286 g/mol. The lowest BCUT2D eigenvalue weighted by Gasteiger charge is -2.20. The van der Waals surface area contributed by atoms with Crippen LogP contribution < -0.4 is 10.2 Å². The Balaban J connectivity index is 1.86. The van der Waals surface area contributed by atoms with Crippen molar-refractivity contribution in [2.75, 3.05) is 31.1 Å². The van der Waals surface area contributed by atoms with E-state index in [1.54, 1.807) is 0 Å². The molecule has 20 heavy (non-hydrogen) atoms. The minimum atomic E-state index is -4.12. The van der Waals surface area contributed by atoms with Crippen LogP contribution in [-0.2, 0) is 0 Å². The van der Waals surface area contributed by atoms with Crippen LogP contribution in [0.2, 0.25) is 0 Å². The molecule has 1 saturated heterocycles. The van der Waals surface area contributed by atoms with E-state index in [0.717, 1.165) is 19.5 Å². The van der Waals surface area contributed by atoms with E-state index in [-0.39, 0.29) is 5.92 Å². The lowest BCUT2D eigenvalue weighted by atomic mass is 10.1. The fourth-order valence-corrected chi connectivity index (χ4v) is 2.79. The quantitative estimate of drug-likeness (QED) is 0.914. The summed E-state index contributed by atoms with van der Waals surface area (Å²) in [4.78, 5) is 2.26. The lowest BCUT2D eigenvalue weighted by Crippen LogP contribution is -2.33. The second kappa shape index (κ2) is 6.04. The number of aryl methyl sites for hydroxylation is 2. The Morgan fingerprint density at radius 2 is 1.85 bits per heavy atom. The molecule has 1 aromatic rings. The van der Waals surface area contributed by atoms with Crippen molar-refractivity contribution in [3.63, 3.8) is 0 Å². The molecule has 1 aromatic carbocycles. The van der Waals surface area contributed by atoms with Gasteiger partial charge in [-0.25, -0.2) is 0 Å². The van der Waals surface area contributed by atoms with Gasteiger partial charge in [0.25, 0.3) is 0 Å². The minimum absolute atomic E-state index is 0.290. The Labute approximate surface area is 118 Å². The molecule has 112 valence electrons. The molecule has 0 bridgehead atoms. The van der Waals surface area contributed by atoms with Gasteiger partial charge in [0.2, 0.25) is 0 Å². The summed E-state index contributed by atoms with van der Waals surface area (Å²) >= 11 is 0. The van der Waals surface area contributed by atoms with Gasteiger partial charge in [-0.05, 0) is 49.4 Å². The van der Waals surface area contributed by atoms with E-state index >= 15 is 0 Å². The highest BCUT2D eigenvalue weighted by Gasteiger charge is 2.28. The van der Waals surface area contributed by atoms with Gasteiger partial charge in [0.15, 0.2) is 0 Å². The van der Waals surface area contributed by atoms with Crippen LogP contribution in [0, 0.1) is 19.8 Å². The van der Waals surface area contributed by atoms with Crippen molar-refractivity contribution in [2.24, 2.45) is 5.92 Å². The van der Waals surface area contributed by atoms with Crippen molar-refractivity contribution in [2.45, 2.75) is 26.4 Å². The van der Waals surface area contributed by atoms with E-state index in [2.05, 4.69) is 42.3 Å². The second-order valence-electron chi connectivity index (χ2n) is 5.69. The molecule has 1 N–H and O–H groups in total. The van der Waals surface area contributed by atoms with Gasteiger partial charge in [-0.2, -0.15) is 13.2 Å². The molecule has 2 nitrogen and oxygen atoms in total. The Kier molecular flexibility index (Phi) is 4.58. The van der Waals surface area contributed by atoms with Gasteiger partial charge >= 0.3 is 6.18 Å². The lowest BCUT2D eigenvalue weighted by molar-refractivity contribution is -0.125. The molecule has 1 fully saturated rings. The molecular weight excluding hydrogens is 265 g/mol.